The number of halogens is 5. The smallest absolute Gasteiger partial charge is 0.482 e. The Labute approximate surface area is 130 Å². The molecule has 0 saturated heterocycles. The van der Waals surface area contributed by atoms with Gasteiger partial charge in [0, 0.05) is 0 Å². The van der Waals surface area contributed by atoms with Crippen LogP contribution in [0.15, 0.2) is 29.2 Å². The van der Waals surface area contributed by atoms with E-state index in [1.54, 1.807) is 12.1 Å². The molecule has 0 aliphatic heterocycles. The van der Waals surface area contributed by atoms with Gasteiger partial charge in [0.1, 0.15) is 22.8 Å². The highest BCUT2D eigenvalue weighted by molar-refractivity contribution is 7.85. The second-order valence-corrected chi connectivity index (χ2v) is 6.08. The van der Waals surface area contributed by atoms with E-state index in [2.05, 4.69) is 10.5 Å². The normalized spacial score (nSPS) is 14.0. The molecular weight excluding hydrogens is 349 g/mol. The van der Waals surface area contributed by atoms with Crippen molar-refractivity contribution in [3.05, 3.63) is 29.8 Å². The van der Waals surface area contributed by atoms with E-state index in [1.165, 1.54) is 19.1 Å². The summed E-state index contributed by atoms with van der Waals surface area (Å²) < 4.78 is 92.5. The van der Waals surface area contributed by atoms with E-state index in [4.69, 9.17) is 0 Å². The average molecular weight is 365 g/mol. The van der Waals surface area contributed by atoms with E-state index >= 15 is 0 Å². The quantitative estimate of drug-likeness (QED) is 0.649. The van der Waals surface area contributed by atoms with Crippen LogP contribution in [0.25, 0.3) is 0 Å². The van der Waals surface area contributed by atoms with Crippen LogP contribution in [0.1, 0.15) is 12.5 Å². The van der Waals surface area contributed by atoms with Crippen molar-refractivity contribution in [3.8, 4) is 0 Å². The van der Waals surface area contributed by atoms with Gasteiger partial charge in [0.2, 0.25) is 0 Å². The van der Waals surface area contributed by atoms with Crippen molar-refractivity contribution in [1.29, 1.82) is 0 Å². The van der Waals surface area contributed by atoms with Crippen LogP contribution in [0, 0.1) is 6.92 Å². The third-order valence-electron chi connectivity index (χ3n) is 2.19. The number of hydrogen-bond acceptors (Lipinski definition) is 4. The highest BCUT2D eigenvalue weighted by atomic mass is 32.2. The summed E-state index contributed by atoms with van der Waals surface area (Å²) in [6.07, 6.45) is -10.7. The predicted molar refractivity (Wildman–Crippen MR) is 68.4 cm³/mol. The molecule has 1 unspecified atom stereocenters. The second kappa shape index (κ2) is 7.99. The summed E-state index contributed by atoms with van der Waals surface area (Å²) in [6, 6.07) is 5.17. The minimum absolute atomic E-state index is 0.178. The summed E-state index contributed by atoms with van der Waals surface area (Å²) >= 11 is 0. The van der Waals surface area contributed by atoms with Crippen molar-refractivity contribution in [3.63, 3.8) is 0 Å². The van der Waals surface area contributed by atoms with Crippen LogP contribution < -0.4 is 5.73 Å². The maximum atomic E-state index is 11.9. The van der Waals surface area contributed by atoms with Gasteiger partial charge < -0.3 is 15.0 Å². The van der Waals surface area contributed by atoms with Crippen LogP contribution in [-0.2, 0) is 14.9 Å². The molecule has 0 aromatic heterocycles. The number of aryl methyl sites for hydroxylation is 1. The molecule has 23 heavy (non-hydrogen) atoms. The van der Waals surface area contributed by atoms with Crippen molar-refractivity contribution >= 4 is 10.1 Å². The summed E-state index contributed by atoms with van der Waals surface area (Å²) in [6.45, 7) is 2.46. The van der Waals surface area contributed by atoms with E-state index in [0.29, 0.717) is 0 Å². The number of quaternary nitrogens is 1. The third kappa shape index (κ3) is 8.21. The fraction of sp³-hybridized carbons (Fsp3) is 0.500. The zero-order valence-electron chi connectivity index (χ0n) is 12.2. The van der Waals surface area contributed by atoms with Gasteiger partial charge in [0.25, 0.3) is 0 Å². The van der Waals surface area contributed by atoms with Crippen LogP contribution >= 0.6 is 0 Å². The van der Waals surface area contributed by atoms with Gasteiger partial charge in [-0.3, -0.25) is 0 Å². The fourth-order valence-corrected chi connectivity index (χ4v) is 1.50. The summed E-state index contributed by atoms with van der Waals surface area (Å²) in [5, 5.41) is 0. The molecule has 1 aromatic carbocycles. The standard InChI is InChI=1S/C7H8O3S.C5H8F5NO/c1-6-2-4-7(5-3-6)11(8,9)10;1-3(11)2-12-5(9,10)4(6,7)8/h2-5H,1H3,(H,8,9,10);3H,2,11H2,1H3. The summed E-state index contributed by atoms with van der Waals surface area (Å²) in [5.41, 5.74) is 4.13. The maximum Gasteiger partial charge on any atom is 0.482 e. The molecule has 0 amide bonds. The van der Waals surface area contributed by atoms with Gasteiger partial charge in [-0.15, -0.1) is 0 Å². The molecule has 0 saturated carbocycles. The molecule has 0 radical (unpaired) electrons. The summed E-state index contributed by atoms with van der Waals surface area (Å²) in [5.74, 6) is 0. The number of hydrogen-bond donors (Lipinski definition) is 1. The van der Waals surface area contributed by atoms with Crippen molar-refractivity contribution < 1.29 is 45.4 Å². The van der Waals surface area contributed by atoms with Gasteiger partial charge in [0.15, 0.2) is 0 Å². The molecule has 11 heteroatoms. The van der Waals surface area contributed by atoms with Crippen LogP contribution in [0.3, 0.4) is 0 Å². The van der Waals surface area contributed by atoms with Crippen LogP contribution in [0.2, 0.25) is 0 Å². The first kappa shape index (κ1) is 21.7. The Morgan fingerprint density at radius 3 is 1.91 bits per heavy atom. The Hall–Kier alpha value is -1.30. The van der Waals surface area contributed by atoms with Crippen LogP contribution in [-0.4, -0.2) is 37.9 Å². The monoisotopic (exact) mass is 365 g/mol. The number of rotatable bonds is 4. The highest BCUT2D eigenvalue weighted by Crippen LogP contribution is 2.36. The van der Waals surface area contributed by atoms with E-state index in [0.717, 1.165) is 5.56 Å². The Bertz CT molecular complexity index is 584. The van der Waals surface area contributed by atoms with E-state index in [9.17, 15) is 34.9 Å². The Morgan fingerprint density at radius 1 is 1.17 bits per heavy atom. The SMILES string of the molecule is CC([NH3+])COC(F)(F)C(F)(F)F.Cc1ccc(S(=O)(=O)[O-])cc1. The Kier molecular flexibility index (Phi) is 7.54. The van der Waals surface area contributed by atoms with Gasteiger partial charge in [-0.05, 0) is 26.0 Å². The minimum atomic E-state index is -5.65. The van der Waals surface area contributed by atoms with Crippen molar-refractivity contribution in [2.45, 2.75) is 37.1 Å². The van der Waals surface area contributed by atoms with Gasteiger partial charge in [0.05, 0.1) is 4.90 Å². The first-order chi connectivity index (χ1) is 10.2. The molecule has 5 nitrogen and oxygen atoms in total. The summed E-state index contributed by atoms with van der Waals surface area (Å²) in [7, 11) is -4.27. The lowest BCUT2D eigenvalue weighted by Gasteiger charge is -2.19. The number of benzene rings is 1. The molecule has 1 aromatic rings. The van der Waals surface area contributed by atoms with Gasteiger partial charge in [-0.2, -0.15) is 22.0 Å². The molecule has 0 fully saturated rings. The maximum absolute atomic E-state index is 11.9. The molecule has 0 aliphatic rings. The van der Waals surface area contributed by atoms with Gasteiger partial charge >= 0.3 is 12.3 Å². The average Bonchev–Trinajstić information content (AvgIpc) is 2.35. The lowest BCUT2D eigenvalue weighted by atomic mass is 10.2. The lowest BCUT2D eigenvalue weighted by Crippen LogP contribution is -2.62. The minimum Gasteiger partial charge on any atom is -0.744 e. The van der Waals surface area contributed by atoms with Crippen molar-refractivity contribution in [1.82, 2.24) is 0 Å². The predicted octanol–water partition coefficient (Wildman–Crippen LogP) is 1.69. The van der Waals surface area contributed by atoms with Crippen LogP contribution in [0.5, 0.6) is 0 Å². The molecular formula is C12H16F5NO4S. The second-order valence-electron chi connectivity index (χ2n) is 4.70. The number of ether oxygens (including phenoxy) is 1. The molecule has 134 valence electrons. The largest absolute Gasteiger partial charge is 0.744 e. The molecule has 3 N–H and O–H groups in total. The van der Waals surface area contributed by atoms with Crippen LogP contribution in [0.4, 0.5) is 22.0 Å². The molecule has 0 heterocycles. The molecule has 0 spiro atoms. The summed E-state index contributed by atoms with van der Waals surface area (Å²) in [4.78, 5) is -0.178. The van der Waals surface area contributed by atoms with E-state index in [1.807, 2.05) is 6.92 Å². The zero-order valence-corrected chi connectivity index (χ0v) is 13.0. The van der Waals surface area contributed by atoms with Crippen molar-refractivity contribution in [2.75, 3.05) is 6.61 Å². The highest BCUT2D eigenvalue weighted by Gasteiger charge is 2.59. The first-order valence-corrected chi connectivity index (χ1v) is 7.52. The fourth-order valence-electron chi connectivity index (χ4n) is 1.03. The first-order valence-electron chi connectivity index (χ1n) is 6.11. The van der Waals surface area contributed by atoms with E-state index in [-0.39, 0.29) is 4.90 Å². The molecule has 0 bridgehead atoms. The molecule has 1 atom stereocenters. The van der Waals surface area contributed by atoms with E-state index < -0.39 is 35.1 Å². The van der Waals surface area contributed by atoms with Crippen molar-refractivity contribution in [2.24, 2.45) is 0 Å². The van der Waals surface area contributed by atoms with Gasteiger partial charge in [-0.1, -0.05) is 17.7 Å². The Morgan fingerprint density at radius 2 is 1.61 bits per heavy atom. The number of alkyl halides is 5. The zero-order chi connectivity index (χ0) is 18.5. The Balaban J connectivity index is 0.000000422. The molecule has 1 rings (SSSR count). The lowest BCUT2D eigenvalue weighted by molar-refractivity contribution is -0.449. The van der Waals surface area contributed by atoms with Gasteiger partial charge in [-0.25, -0.2) is 8.42 Å². The third-order valence-corrected chi connectivity index (χ3v) is 3.04. The topological polar surface area (TPSA) is 94.1 Å². The molecule has 0 aliphatic carbocycles.